The summed E-state index contributed by atoms with van der Waals surface area (Å²) in [6.07, 6.45) is -9.23. The number of benzene rings is 3. The first kappa shape index (κ1) is 36.7. The molecule has 0 aromatic heterocycles. The zero-order valence-electron chi connectivity index (χ0n) is 26.1. The van der Waals surface area contributed by atoms with E-state index in [1.54, 1.807) is 60.4 Å². The molecule has 0 saturated carbocycles. The number of piperazine rings is 1. The smallest absolute Gasteiger partial charge is 0.416 e. The fourth-order valence-corrected chi connectivity index (χ4v) is 6.30. The van der Waals surface area contributed by atoms with E-state index in [-0.39, 0.29) is 50.6 Å². The van der Waals surface area contributed by atoms with Crippen molar-refractivity contribution in [2.75, 3.05) is 45.9 Å². The van der Waals surface area contributed by atoms with Crippen molar-refractivity contribution in [3.63, 3.8) is 0 Å². The van der Waals surface area contributed by atoms with Crippen LogP contribution >= 0.6 is 23.2 Å². The third-order valence-corrected chi connectivity index (χ3v) is 8.89. The summed E-state index contributed by atoms with van der Waals surface area (Å²) in [5, 5.41) is 9.65. The first-order chi connectivity index (χ1) is 23.1. The topological polar surface area (TPSA) is 85.9 Å². The number of rotatable bonds is 9. The molecular weight excluding hydrogens is 699 g/mol. The summed E-state index contributed by atoms with van der Waals surface area (Å²) in [6, 6.07) is 15.6. The molecule has 5 rings (SSSR count). The van der Waals surface area contributed by atoms with Gasteiger partial charge in [0.15, 0.2) is 5.66 Å². The highest BCUT2D eigenvalue weighted by atomic mass is 35.5. The Labute approximate surface area is 288 Å². The Morgan fingerprint density at radius 3 is 1.86 bits per heavy atom. The molecule has 2 atom stereocenters. The van der Waals surface area contributed by atoms with E-state index in [1.165, 1.54) is 11.0 Å². The van der Waals surface area contributed by atoms with Crippen LogP contribution < -0.4 is 20.7 Å². The van der Waals surface area contributed by atoms with Crippen LogP contribution in [-0.2, 0) is 21.4 Å². The minimum Gasteiger partial charge on any atom is -0.493 e. The minimum absolute atomic E-state index is 0.00881. The van der Waals surface area contributed by atoms with Crippen molar-refractivity contribution >= 4 is 35.0 Å². The Bertz CT molecular complexity index is 1580. The van der Waals surface area contributed by atoms with Gasteiger partial charge in [0.2, 0.25) is 5.91 Å². The lowest BCUT2D eigenvalue weighted by Gasteiger charge is -2.40. The van der Waals surface area contributed by atoms with Crippen LogP contribution in [0.4, 0.5) is 26.3 Å². The molecule has 49 heavy (non-hydrogen) atoms. The lowest BCUT2D eigenvalue weighted by molar-refractivity contribution is -0.143. The van der Waals surface area contributed by atoms with E-state index in [0.29, 0.717) is 10.0 Å². The molecule has 2 heterocycles. The van der Waals surface area contributed by atoms with Crippen LogP contribution in [0, 0.1) is 0 Å². The average molecular weight is 733 g/mol. The van der Waals surface area contributed by atoms with E-state index in [0.717, 1.165) is 23.3 Å². The van der Waals surface area contributed by atoms with Gasteiger partial charge in [-0.1, -0.05) is 53.5 Å². The normalized spacial score (nSPS) is 21.9. The second-order valence-corrected chi connectivity index (χ2v) is 12.6. The molecule has 2 unspecified atom stereocenters. The monoisotopic (exact) mass is 731 g/mol. The summed E-state index contributed by atoms with van der Waals surface area (Å²) < 4.78 is 85.0. The van der Waals surface area contributed by atoms with Crippen molar-refractivity contribution in [1.29, 1.82) is 0 Å². The summed E-state index contributed by atoms with van der Waals surface area (Å²) in [5.41, 5.74) is -1.20. The van der Waals surface area contributed by atoms with Gasteiger partial charge in [0.25, 0.3) is 5.91 Å². The molecule has 2 saturated heterocycles. The van der Waals surface area contributed by atoms with Gasteiger partial charge in [0.1, 0.15) is 12.3 Å². The predicted octanol–water partition coefficient (Wildman–Crippen LogP) is 6.06. The molecule has 2 aliphatic rings. The maximum absolute atomic E-state index is 14.8. The van der Waals surface area contributed by atoms with Crippen LogP contribution in [0.5, 0.6) is 5.75 Å². The number of nitrogens with one attached hydrogen (secondary N) is 3. The Balaban J connectivity index is 1.53. The molecule has 0 bridgehead atoms. The van der Waals surface area contributed by atoms with Crippen LogP contribution in [-0.4, -0.2) is 73.7 Å². The molecule has 2 fully saturated rings. The number of carbonyl (C=O) groups excluding carboxylic acids is 2. The molecule has 3 N–H and O–H groups in total. The number of amides is 2. The summed E-state index contributed by atoms with van der Waals surface area (Å²) in [5.74, 6) is -1.49. The van der Waals surface area contributed by atoms with E-state index >= 15 is 0 Å². The van der Waals surface area contributed by atoms with Crippen LogP contribution in [0.25, 0.3) is 0 Å². The van der Waals surface area contributed by atoms with Gasteiger partial charge in [-0.25, -0.2) is 0 Å². The van der Waals surface area contributed by atoms with Gasteiger partial charge in [0, 0.05) is 41.8 Å². The van der Waals surface area contributed by atoms with E-state index in [4.69, 9.17) is 27.9 Å². The number of alkyl halides is 6. The number of hydrogen-bond acceptors (Lipinski definition) is 6. The minimum atomic E-state index is -4.68. The van der Waals surface area contributed by atoms with Crippen molar-refractivity contribution in [3.05, 3.63) is 99.0 Å². The molecule has 16 heteroatoms. The van der Waals surface area contributed by atoms with Gasteiger partial charge < -0.3 is 15.0 Å². The fraction of sp³-hybridized carbons (Fsp3) is 0.394. The second kappa shape index (κ2) is 14.7. The van der Waals surface area contributed by atoms with Crippen LogP contribution in [0.1, 0.15) is 41.3 Å². The molecular formula is C33H33Cl2F6N5O3. The fourth-order valence-electron chi connectivity index (χ4n) is 6.05. The zero-order chi connectivity index (χ0) is 35.6. The quantitative estimate of drug-likeness (QED) is 0.232. The molecule has 0 radical (unpaired) electrons. The van der Waals surface area contributed by atoms with Crippen LogP contribution in [0.3, 0.4) is 0 Å². The van der Waals surface area contributed by atoms with Crippen LogP contribution in [0.2, 0.25) is 10.0 Å². The second-order valence-electron chi connectivity index (χ2n) is 11.7. The molecule has 8 nitrogen and oxygen atoms in total. The highest BCUT2D eigenvalue weighted by molar-refractivity contribution is 6.30. The third-order valence-electron chi connectivity index (χ3n) is 8.38. The highest BCUT2D eigenvalue weighted by Gasteiger charge is 2.55. The molecule has 3 aromatic rings. The first-order valence-electron chi connectivity index (χ1n) is 15.4. The van der Waals surface area contributed by atoms with Crippen molar-refractivity contribution in [2.45, 2.75) is 37.0 Å². The standard InChI is InChI=1S/C33H33Cl2F6N5O3/c1-2-49-26-17-22(33(39,40)41)7-12-25(26)32(30(48)46-15-13-45(14-16-46)18-27(47)42-19-31(36,37)38)43-28(20-3-8-23(34)9-4-20)29(44-32)21-5-10-24(35)11-6-21/h3-12,17,28-29,43-44H,2,13-16,18-19H2,1H3,(H,42,47). The lowest BCUT2D eigenvalue weighted by Crippen LogP contribution is -2.62. The first-order valence-corrected chi connectivity index (χ1v) is 16.1. The summed E-state index contributed by atoms with van der Waals surface area (Å²) in [6.45, 7) is 0.353. The molecule has 2 amide bonds. The predicted molar refractivity (Wildman–Crippen MR) is 171 cm³/mol. The third kappa shape index (κ3) is 8.61. The number of carbonyl (C=O) groups is 2. The summed E-state index contributed by atoms with van der Waals surface area (Å²) in [4.78, 5) is 30.1. The van der Waals surface area contributed by atoms with Gasteiger partial charge in [-0.05, 0) is 54.4 Å². The van der Waals surface area contributed by atoms with Gasteiger partial charge in [-0.3, -0.25) is 25.1 Å². The van der Waals surface area contributed by atoms with Gasteiger partial charge in [0.05, 0.1) is 30.8 Å². The average Bonchev–Trinajstić information content (AvgIpc) is 3.45. The van der Waals surface area contributed by atoms with E-state index < -0.39 is 54.0 Å². The lowest BCUT2D eigenvalue weighted by atomic mass is 9.94. The van der Waals surface area contributed by atoms with E-state index in [1.807, 2.05) is 5.32 Å². The molecule has 264 valence electrons. The number of hydrogen-bond donors (Lipinski definition) is 3. The number of halogens is 8. The Morgan fingerprint density at radius 2 is 1.39 bits per heavy atom. The molecule has 3 aromatic carbocycles. The van der Waals surface area contributed by atoms with Crippen molar-refractivity contribution in [2.24, 2.45) is 0 Å². The zero-order valence-corrected chi connectivity index (χ0v) is 27.6. The summed E-state index contributed by atoms with van der Waals surface area (Å²) in [7, 11) is 0. The Kier molecular flexibility index (Phi) is 11.0. The van der Waals surface area contributed by atoms with Gasteiger partial charge in [-0.15, -0.1) is 0 Å². The van der Waals surface area contributed by atoms with Crippen molar-refractivity contribution < 1.29 is 40.7 Å². The van der Waals surface area contributed by atoms with Crippen LogP contribution in [0.15, 0.2) is 66.7 Å². The summed E-state index contributed by atoms with van der Waals surface area (Å²) >= 11 is 12.4. The SMILES string of the molecule is CCOc1cc(C(F)(F)F)ccc1C1(C(=O)N2CCN(CC(=O)NCC(F)(F)F)CC2)NC(c2ccc(Cl)cc2)C(c2ccc(Cl)cc2)N1. The van der Waals surface area contributed by atoms with Crippen molar-refractivity contribution in [1.82, 2.24) is 25.8 Å². The number of ether oxygens (including phenoxy) is 1. The molecule has 0 aliphatic carbocycles. The Hall–Kier alpha value is -3.56. The van der Waals surface area contributed by atoms with E-state index in [9.17, 15) is 35.9 Å². The highest BCUT2D eigenvalue weighted by Crippen LogP contribution is 2.46. The van der Waals surface area contributed by atoms with Gasteiger partial charge in [-0.2, -0.15) is 26.3 Å². The maximum atomic E-state index is 14.8. The number of nitrogens with zero attached hydrogens (tertiary/aromatic N) is 2. The maximum Gasteiger partial charge on any atom is 0.416 e. The molecule has 0 spiro atoms. The van der Waals surface area contributed by atoms with Gasteiger partial charge >= 0.3 is 12.4 Å². The molecule has 2 aliphatic heterocycles. The Morgan fingerprint density at radius 1 is 0.857 bits per heavy atom. The van der Waals surface area contributed by atoms with Crippen molar-refractivity contribution in [3.8, 4) is 5.75 Å². The largest absolute Gasteiger partial charge is 0.493 e. The van der Waals surface area contributed by atoms with E-state index in [2.05, 4.69) is 10.6 Å².